The molecule has 0 saturated carbocycles. The zero-order valence-electron chi connectivity index (χ0n) is 11.1. The van der Waals surface area contributed by atoms with Crippen LogP contribution >= 0.6 is 0 Å². The fourth-order valence-electron chi connectivity index (χ4n) is 1.65. The number of rotatable bonds is 4. The first-order valence-electron chi connectivity index (χ1n) is 5.87. The van der Waals surface area contributed by atoms with Crippen LogP contribution in [0, 0.1) is 0 Å². The number of hydrogen-bond acceptors (Lipinski definition) is 5. The molecule has 0 unspecified atom stereocenters. The number of hydrogen-bond donors (Lipinski definition) is 1. The van der Waals surface area contributed by atoms with Gasteiger partial charge in [0.15, 0.2) is 0 Å². The molecule has 0 saturated heterocycles. The Morgan fingerprint density at radius 3 is 2.40 bits per heavy atom. The molecule has 0 fully saturated rings. The van der Waals surface area contributed by atoms with Crippen molar-refractivity contribution in [1.82, 2.24) is 0 Å². The van der Waals surface area contributed by atoms with Crippen LogP contribution in [0.5, 0.6) is 23.0 Å². The van der Waals surface area contributed by atoms with E-state index in [1.165, 1.54) is 19.2 Å². The molecule has 2 aromatic carbocycles. The minimum Gasteiger partial charge on any atom is -0.507 e. The number of benzene rings is 2. The predicted molar refractivity (Wildman–Crippen MR) is 72.5 cm³/mol. The number of phenols is 1. The topological polar surface area (TPSA) is 65.0 Å². The van der Waals surface area contributed by atoms with E-state index in [1.807, 2.05) is 0 Å². The van der Waals surface area contributed by atoms with Crippen LogP contribution in [0.4, 0.5) is 0 Å². The van der Waals surface area contributed by atoms with Crippen molar-refractivity contribution < 1.29 is 24.1 Å². The van der Waals surface area contributed by atoms with Crippen molar-refractivity contribution in [1.29, 1.82) is 0 Å². The zero-order valence-corrected chi connectivity index (χ0v) is 11.1. The Balaban J connectivity index is 2.27. The first-order valence-corrected chi connectivity index (χ1v) is 5.87. The van der Waals surface area contributed by atoms with E-state index in [0.29, 0.717) is 17.2 Å². The van der Waals surface area contributed by atoms with Gasteiger partial charge in [0.05, 0.1) is 14.2 Å². The molecule has 5 heteroatoms. The summed E-state index contributed by atoms with van der Waals surface area (Å²) in [6.45, 7) is 0. The third-order valence-corrected chi connectivity index (χ3v) is 2.65. The third kappa shape index (κ3) is 3.00. The number of carbonyl (C=O) groups is 1. The summed E-state index contributed by atoms with van der Waals surface area (Å²) in [5, 5.41) is 9.61. The molecule has 0 atom stereocenters. The number of esters is 1. The second-order valence-electron chi connectivity index (χ2n) is 3.95. The number of aromatic hydroxyl groups is 1. The van der Waals surface area contributed by atoms with Gasteiger partial charge in [-0.2, -0.15) is 0 Å². The molecule has 0 bridgehead atoms. The van der Waals surface area contributed by atoms with E-state index < -0.39 is 5.97 Å². The van der Waals surface area contributed by atoms with Gasteiger partial charge in [-0.05, 0) is 30.3 Å². The van der Waals surface area contributed by atoms with E-state index in [2.05, 4.69) is 4.74 Å². The quantitative estimate of drug-likeness (QED) is 0.868. The van der Waals surface area contributed by atoms with Gasteiger partial charge in [0.25, 0.3) is 0 Å². The summed E-state index contributed by atoms with van der Waals surface area (Å²) in [6, 6.07) is 11.4. The van der Waals surface area contributed by atoms with Crippen LogP contribution in [0.25, 0.3) is 0 Å². The predicted octanol–water partition coefficient (Wildman–Crippen LogP) is 2.98. The van der Waals surface area contributed by atoms with Crippen molar-refractivity contribution in [2.45, 2.75) is 0 Å². The molecule has 1 N–H and O–H groups in total. The molecule has 0 aliphatic heterocycles. The Morgan fingerprint density at radius 1 is 1.00 bits per heavy atom. The molecule has 2 aromatic rings. The van der Waals surface area contributed by atoms with Crippen LogP contribution in [-0.2, 0) is 4.74 Å². The van der Waals surface area contributed by atoms with Gasteiger partial charge < -0.3 is 19.3 Å². The van der Waals surface area contributed by atoms with Gasteiger partial charge in [-0.25, -0.2) is 4.79 Å². The Labute approximate surface area is 116 Å². The maximum Gasteiger partial charge on any atom is 0.341 e. The SMILES string of the molecule is COC(=O)c1cc(Oc2cccc(OC)c2)ccc1O. The molecule has 0 amide bonds. The lowest BCUT2D eigenvalue weighted by molar-refractivity contribution is 0.0597. The molecule has 0 aromatic heterocycles. The van der Waals surface area contributed by atoms with Gasteiger partial charge in [0.2, 0.25) is 0 Å². The van der Waals surface area contributed by atoms with Gasteiger partial charge in [0.1, 0.15) is 28.6 Å². The monoisotopic (exact) mass is 274 g/mol. The molecular weight excluding hydrogens is 260 g/mol. The largest absolute Gasteiger partial charge is 0.507 e. The highest BCUT2D eigenvalue weighted by molar-refractivity contribution is 5.92. The van der Waals surface area contributed by atoms with Crippen molar-refractivity contribution in [3.05, 3.63) is 48.0 Å². The minimum absolute atomic E-state index is 0.0490. The number of methoxy groups -OCH3 is 2. The molecule has 0 aliphatic rings. The molecular formula is C15H14O5. The van der Waals surface area contributed by atoms with Crippen LogP contribution < -0.4 is 9.47 Å². The Kier molecular flexibility index (Phi) is 4.10. The maximum atomic E-state index is 11.5. The molecule has 2 rings (SSSR count). The number of ether oxygens (including phenoxy) is 3. The van der Waals surface area contributed by atoms with E-state index in [-0.39, 0.29) is 11.3 Å². The first-order chi connectivity index (χ1) is 9.63. The van der Waals surface area contributed by atoms with Gasteiger partial charge >= 0.3 is 5.97 Å². The van der Waals surface area contributed by atoms with Crippen molar-refractivity contribution in [2.75, 3.05) is 14.2 Å². The Morgan fingerprint density at radius 2 is 1.70 bits per heavy atom. The lowest BCUT2D eigenvalue weighted by Gasteiger charge is -2.09. The second kappa shape index (κ2) is 5.97. The highest BCUT2D eigenvalue weighted by Crippen LogP contribution is 2.29. The summed E-state index contributed by atoms with van der Waals surface area (Å²) < 4.78 is 15.3. The molecule has 0 aliphatic carbocycles. The lowest BCUT2D eigenvalue weighted by atomic mass is 10.2. The van der Waals surface area contributed by atoms with Gasteiger partial charge in [-0.3, -0.25) is 0 Å². The van der Waals surface area contributed by atoms with Crippen molar-refractivity contribution in [3.63, 3.8) is 0 Å². The summed E-state index contributed by atoms with van der Waals surface area (Å²) in [5.41, 5.74) is 0.0490. The Bertz CT molecular complexity index is 621. The number of carbonyl (C=O) groups excluding carboxylic acids is 1. The fraction of sp³-hybridized carbons (Fsp3) is 0.133. The standard InChI is InChI=1S/C15H14O5/c1-18-10-4-3-5-11(8-10)20-12-6-7-14(16)13(9-12)15(17)19-2/h3-9,16H,1-2H3. The normalized spacial score (nSPS) is 9.90. The smallest absolute Gasteiger partial charge is 0.341 e. The van der Waals surface area contributed by atoms with E-state index in [0.717, 1.165) is 0 Å². The summed E-state index contributed by atoms with van der Waals surface area (Å²) in [6.07, 6.45) is 0. The van der Waals surface area contributed by atoms with Crippen LogP contribution in [0.1, 0.15) is 10.4 Å². The van der Waals surface area contributed by atoms with E-state index in [4.69, 9.17) is 9.47 Å². The summed E-state index contributed by atoms with van der Waals surface area (Å²) in [7, 11) is 2.81. The molecule has 104 valence electrons. The molecule has 0 radical (unpaired) electrons. The summed E-state index contributed by atoms with van der Waals surface area (Å²) in [4.78, 5) is 11.5. The van der Waals surface area contributed by atoms with Gasteiger partial charge in [0, 0.05) is 6.07 Å². The molecule has 5 nitrogen and oxygen atoms in total. The highest BCUT2D eigenvalue weighted by Gasteiger charge is 2.13. The van der Waals surface area contributed by atoms with E-state index >= 15 is 0 Å². The summed E-state index contributed by atoms with van der Waals surface area (Å²) >= 11 is 0. The van der Waals surface area contributed by atoms with Crippen molar-refractivity contribution in [2.24, 2.45) is 0 Å². The lowest BCUT2D eigenvalue weighted by Crippen LogP contribution is -2.01. The van der Waals surface area contributed by atoms with Crippen LogP contribution in [0.3, 0.4) is 0 Å². The third-order valence-electron chi connectivity index (χ3n) is 2.65. The number of phenolic OH excluding ortho intramolecular Hbond substituents is 1. The highest BCUT2D eigenvalue weighted by atomic mass is 16.5. The minimum atomic E-state index is -0.626. The van der Waals surface area contributed by atoms with Gasteiger partial charge in [-0.1, -0.05) is 6.07 Å². The van der Waals surface area contributed by atoms with Crippen molar-refractivity contribution in [3.8, 4) is 23.0 Å². The average molecular weight is 274 g/mol. The van der Waals surface area contributed by atoms with Crippen LogP contribution in [0.15, 0.2) is 42.5 Å². The molecule has 20 heavy (non-hydrogen) atoms. The summed E-state index contributed by atoms with van der Waals surface area (Å²) in [5.74, 6) is 0.852. The van der Waals surface area contributed by atoms with E-state index in [1.54, 1.807) is 37.4 Å². The fourth-order valence-corrected chi connectivity index (χ4v) is 1.65. The molecule has 0 heterocycles. The van der Waals surface area contributed by atoms with Crippen molar-refractivity contribution >= 4 is 5.97 Å². The van der Waals surface area contributed by atoms with Crippen LogP contribution in [0.2, 0.25) is 0 Å². The average Bonchev–Trinajstić information content (AvgIpc) is 2.48. The first kappa shape index (κ1) is 13.7. The zero-order chi connectivity index (χ0) is 14.5. The maximum absolute atomic E-state index is 11.5. The Hall–Kier alpha value is -2.69. The second-order valence-corrected chi connectivity index (χ2v) is 3.95. The van der Waals surface area contributed by atoms with Crippen LogP contribution in [-0.4, -0.2) is 25.3 Å². The van der Waals surface area contributed by atoms with Gasteiger partial charge in [-0.15, -0.1) is 0 Å². The van der Waals surface area contributed by atoms with E-state index in [9.17, 15) is 9.90 Å². The molecule has 0 spiro atoms.